The van der Waals surface area contributed by atoms with E-state index in [1.54, 1.807) is 0 Å². The fraction of sp³-hybridized carbons (Fsp3) is 0.800. The van der Waals surface area contributed by atoms with Crippen molar-refractivity contribution in [2.45, 2.75) is 76.5 Å². The van der Waals surface area contributed by atoms with Crippen LogP contribution < -0.4 is 22.1 Å². The molecule has 7 N–H and O–H groups in total. The Bertz CT molecular complexity index is 635. The minimum absolute atomic E-state index is 0.169. The van der Waals surface area contributed by atoms with E-state index in [1.807, 2.05) is 13.8 Å². The quantitative estimate of drug-likeness (QED) is 0.159. The van der Waals surface area contributed by atoms with Gasteiger partial charge in [0.15, 0.2) is 0 Å². The lowest BCUT2D eigenvalue weighted by Gasteiger charge is -2.30. The minimum Gasteiger partial charge on any atom is -0.480 e. The molecule has 5 unspecified atom stereocenters. The van der Waals surface area contributed by atoms with Crippen LogP contribution >= 0.6 is 12.6 Å². The number of nitrogens with zero attached hydrogens (tertiary/aromatic N) is 1. The van der Waals surface area contributed by atoms with E-state index in [9.17, 15) is 24.3 Å². The van der Waals surface area contributed by atoms with Crippen molar-refractivity contribution < 1.29 is 24.3 Å². The van der Waals surface area contributed by atoms with Crippen LogP contribution in [-0.4, -0.2) is 76.7 Å². The number of thiol groups is 1. The number of carboxylic acid groups (broad SMARTS) is 1. The summed E-state index contributed by atoms with van der Waals surface area (Å²) in [7, 11) is 0. The molecule has 11 heteroatoms. The summed E-state index contributed by atoms with van der Waals surface area (Å²) in [6, 6.07) is -3.47. The van der Waals surface area contributed by atoms with E-state index in [0.29, 0.717) is 45.2 Å². The number of nitrogens with two attached hydrogens (primary N) is 2. The number of carbonyl (C=O) groups is 4. The first-order valence-corrected chi connectivity index (χ1v) is 11.5. The molecule has 10 nitrogen and oxygen atoms in total. The van der Waals surface area contributed by atoms with Crippen LogP contribution in [-0.2, 0) is 19.2 Å². The Balaban J connectivity index is 2.89. The first-order chi connectivity index (χ1) is 14.7. The van der Waals surface area contributed by atoms with Crippen LogP contribution in [0.25, 0.3) is 0 Å². The zero-order valence-electron chi connectivity index (χ0n) is 18.4. The van der Waals surface area contributed by atoms with Gasteiger partial charge in [-0.25, -0.2) is 4.79 Å². The standard InChI is InChI=1S/C20H37N5O5S/c1-3-12(2)16(18(27)23-14(20(29)30)7-4-5-9-21)24-17(26)15-8-6-10-25(15)19(28)13(22)11-31/h12-16,31H,3-11,21-22H2,1-2H3,(H,23,27)(H,24,26)(H,29,30). The maximum absolute atomic E-state index is 13.0. The number of rotatable bonds is 13. The zero-order valence-corrected chi connectivity index (χ0v) is 19.3. The highest BCUT2D eigenvalue weighted by Gasteiger charge is 2.38. The van der Waals surface area contributed by atoms with Crippen LogP contribution in [0.4, 0.5) is 0 Å². The van der Waals surface area contributed by atoms with E-state index in [-0.39, 0.29) is 24.0 Å². The van der Waals surface area contributed by atoms with Gasteiger partial charge in [-0.3, -0.25) is 14.4 Å². The molecule has 3 amide bonds. The summed E-state index contributed by atoms with van der Waals surface area (Å²) < 4.78 is 0. The first kappa shape index (κ1) is 27.2. The molecule has 1 fully saturated rings. The van der Waals surface area contributed by atoms with Crippen molar-refractivity contribution >= 4 is 36.3 Å². The Hall–Kier alpha value is -1.85. The molecule has 0 bridgehead atoms. The summed E-state index contributed by atoms with van der Waals surface area (Å²) in [5.41, 5.74) is 11.2. The summed E-state index contributed by atoms with van der Waals surface area (Å²) in [6.07, 6.45) is 3.21. The molecule has 0 aromatic rings. The van der Waals surface area contributed by atoms with E-state index in [1.165, 1.54) is 4.90 Å². The summed E-state index contributed by atoms with van der Waals surface area (Å²) in [5.74, 6) is -2.52. The van der Waals surface area contributed by atoms with Crippen molar-refractivity contribution in [1.29, 1.82) is 0 Å². The summed E-state index contributed by atoms with van der Waals surface area (Å²) >= 11 is 4.05. The number of carbonyl (C=O) groups excluding carboxylic acids is 3. The normalized spacial score (nSPS) is 19.9. The van der Waals surface area contributed by atoms with Gasteiger partial charge in [0.2, 0.25) is 17.7 Å². The molecule has 0 aromatic carbocycles. The van der Waals surface area contributed by atoms with E-state index in [0.717, 1.165) is 0 Å². The van der Waals surface area contributed by atoms with Crippen molar-refractivity contribution in [3.05, 3.63) is 0 Å². The second-order valence-electron chi connectivity index (χ2n) is 8.03. The molecule has 0 spiro atoms. The van der Waals surface area contributed by atoms with Crippen molar-refractivity contribution in [3.63, 3.8) is 0 Å². The second-order valence-corrected chi connectivity index (χ2v) is 8.40. The predicted molar refractivity (Wildman–Crippen MR) is 120 cm³/mol. The van der Waals surface area contributed by atoms with Gasteiger partial charge in [-0.05, 0) is 44.6 Å². The van der Waals surface area contributed by atoms with Gasteiger partial charge in [-0.1, -0.05) is 20.3 Å². The van der Waals surface area contributed by atoms with Gasteiger partial charge in [0, 0.05) is 12.3 Å². The lowest BCUT2D eigenvalue weighted by molar-refractivity contribution is -0.143. The van der Waals surface area contributed by atoms with Gasteiger partial charge in [-0.2, -0.15) is 12.6 Å². The molecule has 5 atom stereocenters. The van der Waals surface area contributed by atoms with Crippen LogP contribution in [0, 0.1) is 5.92 Å². The number of amides is 3. The summed E-state index contributed by atoms with van der Waals surface area (Å²) in [6.45, 7) is 4.55. The Morgan fingerprint density at radius 3 is 2.45 bits per heavy atom. The van der Waals surface area contributed by atoms with Crippen molar-refractivity contribution in [2.75, 3.05) is 18.8 Å². The molecule has 1 aliphatic rings. The van der Waals surface area contributed by atoms with E-state index >= 15 is 0 Å². The predicted octanol–water partition coefficient (Wildman–Crippen LogP) is -0.536. The van der Waals surface area contributed by atoms with Crippen LogP contribution in [0.15, 0.2) is 0 Å². The molecule has 0 aliphatic carbocycles. The third kappa shape index (κ3) is 7.97. The Morgan fingerprint density at radius 2 is 1.90 bits per heavy atom. The Morgan fingerprint density at radius 1 is 1.23 bits per heavy atom. The van der Waals surface area contributed by atoms with E-state index < -0.39 is 42.0 Å². The van der Waals surface area contributed by atoms with Crippen molar-refractivity contribution in [3.8, 4) is 0 Å². The van der Waals surface area contributed by atoms with Crippen LogP contribution in [0.1, 0.15) is 52.4 Å². The van der Waals surface area contributed by atoms with Gasteiger partial charge in [0.05, 0.1) is 6.04 Å². The van der Waals surface area contributed by atoms with Crippen LogP contribution in [0.3, 0.4) is 0 Å². The van der Waals surface area contributed by atoms with Crippen LogP contribution in [0.2, 0.25) is 0 Å². The maximum atomic E-state index is 13.0. The zero-order chi connectivity index (χ0) is 23.6. The minimum atomic E-state index is -1.13. The SMILES string of the molecule is CCC(C)C(NC(=O)C1CCCN1C(=O)C(N)CS)C(=O)NC(CCCCN)C(=O)O. The fourth-order valence-electron chi connectivity index (χ4n) is 3.56. The van der Waals surface area contributed by atoms with E-state index in [2.05, 4.69) is 23.3 Å². The smallest absolute Gasteiger partial charge is 0.326 e. The topological polar surface area (TPSA) is 168 Å². The number of aliphatic carboxylic acids is 1. The summed E-state index contributed by atoms with van der Waals surface area (Å²) in [4.78, 5) is 51.3. The summed E-state index contributed by atoms with van der Waals surface area (Å²) in [5, 5.41) is 14.7. The highest BCUT2D eigenvalue weighted by molar-refractivity contribution is 7.80. The average Bonchev–Trinajstić information content (AvgIpc) is 3.24. The van der Waals surface area contributed by atoms with Gasteiger partial charge in [0.1, 0.15) is 18.1 Å². The molecule has 1 saturated heterocycles. The van der Waals surface area contributed by atoms with Crippen molar-refractivity contribution in [2.24, 2.45) is 17.4 Å². The molecule has 0 saturated carbocycles. The molecule has 31 heavy (non-hydrogen) atoms. The van der Waals surface area contributed by atoms with Gasteiger partial charge in [-0.15, -0.1) is 0 Å². The van der Waals surface area contributed by atoms with Crippen LogP contribution in [0.5, 0.6) is 0 Å². The third-order valence-electron chi connectivity index (χ3n) is 5.71. The number of likely N-dealkylation sites (tertiary alicyclic amines) is 1. The lowest BCUT2D eigenvalue weighted by Crippen LogP contribution is -2.58. The molecule has 1 heterocycles. The largest absolute Gasteiger partial charge is 0.480 e. The highest BCUT2D eigenvalue weighted by Crippen LogP contribution is 2.20. The molecule has 0 radical (unpaired) electrons. The third-order valence-corrected chi connectivity index (χ3v) is 6.10. The van der Waals surface area contributed by atoms with Gasteiger partial charge in [0.25, 0.3) is 0 Å². The number of unbranched alkanes of at least 4 members (excludes halogenated alkanes) is 1. The first-order valence-electron chi connectivity index (χ1n) is 10.9. The molecular weight excluding hydrogens is 422 g/mol. The molecule has 0 aromatic heterocycles. The van der Waals surface area contributed by atoms with Gasteiger partial charge >= 0.3 is 5.97 Å². The Kier molecular flexibility index (Phi) is 11.9. The lowest BCUT2D eigenvalue weighted by atomic mass is 9.97. The van der Waals surface area contributed by atoms with Gasteiger partial charge < -0.3 is 32.1 Å². The second kappa shape index (κ2) is 13.5. The molecule has 1 aliphatic heterocycles. The Labute approximate surface area is 189 Å². The number of carboxylic acids is 1. The van der Waals surface area contributed by atoms with E-state index in [4.69, 9.17) is 11.5 Å². The average molecular weight is 460 g/mol. The number of nitrogens with one attached hydrogen (secondary N) is 2. The van der Waals surface area contributed by atoms with Crippen molar-refractivity contribution in [1.82, 2.24) is 15.5 Å². The molecular formula is C20H37N5O5S. The molecule has 178 valence electrons. The molecule has 1 rings (SSSR count). The number of hydrogen-bond acceptors (Lipinski definition) is 7. The number of hydrogen-bond donors (Lipinski definition) is 6. The maximum Gasteiger partial charge on any atom is 0.326 e. The highest BCUT2D eigenvalue weighted by atomic mass is 32.1. The monoisotopic (exact) mass is 459 g/mol. The fourth-order valence-corrected chi connectivity index (χ4v) is 3.71.